The van der Waals surface area contributed by atoms with E-state index >= 15 is 0 Å². The first-order valence-electron chi connectivity index (χ1n) is 7.52. The molecule has 2 rings (SSSR count). The van der Waals surface area contributed by atoms with Gasteiger partial charge in [0.25, 0.3) is 0 Å². The van der Waals surface area contributed by atoms with Crippen LogP contribution in [0.2, 0.25) is 0 Å². The summed E-state index contributed by atoms with van der Waals surface area (Å²) in [7, 11) is 0. The van der Waals surface area contributed by atoms with Gasteiger partial charge < -0.3 is 10.3 Å². The molecular weight excluding hydrogens is 236 g/mol. The smallest absolute Gasteiger partial charge is 0.0951 e. The van der Waals surface area contributed by atoms with Crippen molar-refractivity contribution < 1.29 is 0 Å². The van der Waals surface area contributed by atoms with Gasteiger partial charge in [-0.1, -0.05) is 0 Å². The van der Waals surface area contributed by atoms with Crippen LogP contribution in [-0.4, -0.2) is 33.6 Å². The van der Waals surface area contributed by atoms with Gasteiger partial charge in [-0.05, 0) is 46.5 Å². The second-order valence-electron chi connectivity index (χ2n) is 6.30. The maximum atomic E-state index is 6.09. The van der Waals surface area contributed by atoms with Crippen molar-refractivity contribution in [2.75, 3.05) is 13.1 Å². The summed E-state index contributed by atoms with van der Waals surface area (Å²) in [6.07, 6.45) is 6.67. The zero-order valence-electron chi connectivity index (χ0n) is 12.7. The second-order valence-corrected chi connectivity index (χ2v) is 6.30. The van der Waals surface area contributed by atoms with Gasteiger partial charge in [0.2, 0.25) is 0 Å². The maximum Gasteiger partial charge on any atom is 0.0951 e. The Kier molecular flexibility index (Phi) is 4.63. The van der Waals surface area contributed by atoms with Crippen LogP contribution in [-0.2, 0) is 0 Å². The van der Waals surface area contributed by atoms with Gasteiger partial charge in [0.1, 0.15) is 0 Å². The van der Waals surface area contributed by atoms with Crippen LogP contribution in [0.5, 0.6) is 0 Å². The normalized spacial score (nSPS) is 17.7. The molecule has 1 atom stereocenters. The van der Waals surface area contributed by atoms with E-state index in [4.69, 9.17) is 5.73 Å². The molecule has 2 N–H and O–H groups in total. The number of imidazole rings is 1. The molecule has 0 bridgehead atoms. The molecule has 0 aromatic carbocycles. The topological polar surface area (TPSA) is 47.1 Å². The van der Waals surface area contributed by atoms with Crippen molar-refractivity contribution in [2.24, 2.45) is 11.7 Å². The minimum atomic E-state index is 0.283. The predicted molar refractivity (Wildman–Crippen MR) is 79.0 cm³/mol. The molecular formula is C15H28N4. The Morgan fingerprint density at radius 2 is 2.05 bits per heavy atom. The quantitative estimate of drug-likeness (QED) is 0.823. The molecule has 1 aromatic rings. The van der Waals surface area contributed by atoms with Gasteiger partial charge in [-0.25, -0.2) is 4.98 Å². The average Bonchev–Trinajstić information content (AvgIpc) is 3.03. The lowest BCUT2D eigenvalue weighted by atomic mass is 10.1. The fourth-order valence-electron chi connectivity index (χ4n) is 2.73. The number of nitrogens with zero attached hydrogens (tertiary/aromatic N) is 3. The Bertz CT molecular complexity index is 393. The van der Waals surface area contributed by atoms with E-state index < -0.39 is 0 Å². The van der Waals surface area contributed by atoms with E-state index in [2.05, 4.69) is 42.1 Å². The van der Waals surface area contributed by atoms with Gasteiger partial charge in [0.15, 0.2) is 0 Å². The van der Waals surface area contributed by atoms with Gasteiger partial charge in [-0.15, -0.1) is 0 Å². The maximum absolute atomic E-state index is 6.09. The molecule has 1 fully saturated rings. The number of hydrogen-bond acceptors (Lipinski definition) is 3. The molecule has 0 spiro atoms. The zero-order valence-corrected chi connectivity index (χ0v) is 12.7. The van der Waals surface area contributed by atoms with Crippen LogP contribution >= 0.6 is 0 Å². The molecule has 19 heavy (non-hydrogen) atoms. The highest BCUT2D eigenvalue weighted by Crippen LogP contribution is 2.34. The predicted octanol–water partition coefficient (Wildman–Crippen LogP) is 2.58. The zero-order chi connectivity index (χ0) is 14.0. The summed E-state index contributed by atoms with van der Waals surface area (Å²) in [5.74, 6) is 0.881. The van der Waals surface area contributed by atoms with Gasteiger partial charge in [0.05, 0.1) is 18.1 Å². The number of hydrogen-bond donors (Lipinski definition) is 1. The van der Waals surface area contributed by atoms with Crippen molar-refractivity contribution in [1.82, 2.24) is 14.5 Å². The Hall–Kier alpha value is -0.870. The summed E-state index contributed by atoms with van der Waals surface area (Å²) in [4.78, 5) is 6.88. The lowest BCUT2D eigenvalue weighted by Gasteiger charge is -2.35. The van der Waals surface area contributed by atoms with Crippen molar-refractivity contribution in [3.05, 3.63) is 18.2 Å². The van der Waals surface area contributed by atoms with Crippen LogP contribution in [0.4, 0.5) is 0 Å². The lowest BCUT2D eigenvalue weighted by Crippen LogP contribution is -2.41. The molecule has 0 aliphatic heterocycles. The summed E-state index contributed by atoms with van der Waals surface area (Å²) in [6.45, 7) is 10.7. The number of rotatable bonds is 7. The van der Waals surface area contributed by atoms with Crippen molar-refractivity contribution >= 4 is 0 Å². The van der Waals surface area contributed by atoms with Crippen LogP contribution in [0, 0.1) is 5.92 Å². The largest absolute Gasteiger partial charge is 0.331 e. The molecule has 1 aliphatic carbocycles. The van der Waals surface area contributed by atoms with E-state index in [0.29, 0.717) is 18.6 Å². The van der Waals surface area contributed by atoms with Crippen LogP contribution in [0.25, 0.3) is 0 Å². The van der Waals surface area contributed by atoms with Gasteiger partial charge in [0, 0.05) is 31.4 Å². The third-order valence-corrected chi connectivity index (χ3v) is 4.05. The minimum absolute atomic E-state index is 0.283. The van der Waals surface area contributed by atoms with E-state index in [-0.39, 0.29) is 6.04 Å². The van der Waals surface area contributed by atoms with Crippen molar-refractivity contribution in [3.63, 3.8) is 0 Å². The molecule has 1 saturated carbocycles. The van der Waals surface area contributed by atoms with Gasteiger partial charge in [-0.2, -0.15) is 0 Å². The first-order chi connectivity index (χ1) is 9.04. The van der Waals surface area contributed by atoms with Crippen LogP contribution in [0.15, 0.2) is 12.5 Å². The highest BCUT2D eigenvalue weighted by molar-refractivity contribution is 5.08. The highest BCUT2D eigenvalue weighted by atomic mass is 15.2. The van der Waals surface area contributed by atoms with Crippen molar-refractivity contribution in [3.8, 4) is 0 Å². The summed E-state index contributed by atoms with van der Waals surface area (Å²) in [5, 5.41) is 0. The van der Waals surface area contributed by atoms with E-state index in [1.54, 1.807) is 0 Å². The first-order valence-corrected chi connectivity index (χ1v) is 7.52. The summed E-state index contributed by atoms with van der Waals surface area (Å²) < 4.78 is 2.25. The summed E-state index contributed by atoms with van der Waals surface area (Å²) >= 11 is 0. The summed E-state index contributed by atoms with van der Waals surface area (Å²) in [6, 6.07) is 1.23. The summed E-state index contributed by atoms with van der Waals surface area (Å²) in [5.41, 5.74) is 7.34. The van der Waals surface area contributed by atoms with Crippen LogP contribution in [0.1, 0.15) is 58.3 Å². The minimum Gasteiger partial charge on any atom is -0.331 e. The van der Waals surface area contributed by atoms with Crippen LogP contribution in [0.3, 0.4) is 0 Å². The molecule has 0 radical (unpaired) electrons. The SMILES string of the molecule is CC(C)N(CC1CC1)C(CN)c1cncn1C(C)C. The Morgan fingerprint density at radius 1 is 1.37 bits per heavy atom. The van der Waals surface area contributed by atoms with Crippen LogP contribution < -0.4 is 5.73 Å². The first kappa shape index (κ1) is 14.5. The monoisotopic (exact) mass is 264 g/mol. The lowest BCUT2D eigenvalue weighted by molar-refractivity contribution is 0.143. The van der Waals surface area contributed by atoms with E-state index in [9.17, 15) is 0 Å². The van der Waals surface area contributed by atoms with E-state index in [1.807, 2.05) is 12.5 Å². The number of aromatic nitrogens is 2. The molecule has 4 nitrogen and oxygen atoms in total. The molecule has 0 saturated heterocycles. The standard InChI is InChI=1S/C15H28N4/c1-11(2)18(9-13-5-6-13)14(7-16)15-8-17-10-19(15)12(3)4/h8,10-14H,5-7,9,16H2,1-4H3. The Morgan fingerprint density at radius 3 is 2.53 bits per heavy atom. The van der Waals surface area contributed by atoms with Gasteiger partial charge in [-0.3, -0.25) is 4.90 Å². The van der Waals surface area contributed by atoms with Crippen molar-refractivity contribution in [2.45, 2.75) is 58.7 Å². The molecule has 1 aromatic heterocycles. The molecule has 1 aliphatic rings. The Labute approximate surface area is 117 Å². The third-order valence-electron chi connectivity index (χ3n) is 4.05. The molecule has 108 valence electrons. The molecule has 4 heteroatoms. The van der Waals surface area contributed by atoms with E-state index in [0.717, 1.165) is 5.92 Å². The third kappa shape index (κ3) is 3.37. The van der Waals surface area contributed by atoms with E-state index in [1.165, 1.54) is 25.1 Å². The average molecular weight is 264 g/mol. The fraction of sp³-hybridized carbons (Fsp3) is 0.800. The Balaban J connectivity index is 2.22. The second kappa shape index (κ2) is 6.06. The molecule has 0 amide bonds. The fourth-order valence-corrected chi connectivity index (χ4v) is 2.73. The van der Waals surface area contributed by atoms with Crippen molar-refractivity contribution in [1.29, 1.82) is 0 Å². The number of nitrogens with two attached hydrogens (primary N) is 1. The highest BCUT2D eigenvalue weighted by Gasteiger charge is 2.31. The molecule has 1 unspecified atom stereocenters. The van der Waals surface area contributed by atoms with Gasteiger partial charge >= 0.3 is 0 Å². The molecule has 1 heterocycles.